The van der Waals surface area contributed by atoms with Gasteiger partial charge >= 0.3 is 0 Å². The van der Waals surface area contributed by atoms with E-state index in [2.05, 4.69) is 15.4 Å². The summed E-state index contributed by atoms with van der Waals surface area (Å²) in [6.07, 6.45) is 2.42. The predicted molar refractivity (Wildman–Crippen MR) is 142 cm³/mol. The molecule has 4 rings (SSSR count). The first-order chi connectivity index (χ1) is 16.7. The highest BCUT2D eigenvalue weighted by Gasteiger charge is 2.28. The molecule has 182 valence electrons. The summed E-state index contributed by atoms with van der Waals surface area (Å²) in [7, 11) is -3.20. The van der Waals surface area contributed by atoms with E-state index in [0.29, 0.717) is 41.4 Å². The van der Waals surface area contributed by atoms with Gasteiger partial charge in [-0.1, -0.05) is 60.1 Å². The molecule has 1 aliphatic heterocycles. The zero-order valence-corrected chi connectivity index (χ0v) is 20.8. The van der Waals surface area contributed by atoms with Crippen molar-refractivity contribution in [2.75, 3.05) is 23.4 Å². The average molecular weight is 511 g/mol. The molecule has 1 amide bonds. The Balaban J connectivity index is 1.57. The molecule has 0 saturated heterocycles. The maximum Gasteiger partial charge on any atom is 0.258 e. The molecule has 1 atom stereocenters. The van der Waals surface area contributed by atoms with E-state index in [9.17, 15) is 13.2 Å². The minimum absolute atomic E-state index is 0.199. The van der Waals surface area contributed by atoms with Crippen molar-refractivity contribution in [1.82, 2.24) is 4.72 Å². The molecule has 1 unspecified atom stereocenters. The first kappa shape index (κ1) is 24.9. The Kier molecular flexibility index (Phi) is 7.57. The number of fused-ring (bicyclic) bond motifs is 1. The molecule has 3 aromatic rings. The number of hydrogen-bond acceptors (Lipinski definition) is 5. The summed E-state index contributed by atoms with van der Waals surface area (Å²) in [6.45, 7) is 0.356. The molecule has 7 nitrogen and oxygen atoms in total. The van der Waals surface area contributed by atoms with Crippen molar-refractivity contribution in [1.29, 1.82) is 0 Å². The Morgan fingerprint density at radius 1 is 1.06 bits per heavy atom. The number of carbonyl (C=O) groups is 1. The van der Waals surface area contributed by atoms with E-state index in [0.717, 1.165) is 28.6 Å². The van der Waals surface area contributed by atoms with E-state index < -0.39 is 10.0 Å². The summed E-state index contributed by atoms with van der Waals surface area (Å²) >= 11 is 6.12. The molecule has 3 aromatic carbocycles. The van der Waals surface area contributed by atoms with Gasteiger partial charge in [0.25, 0.3) is 5.91 Å². The van der Waals surface area contributed by atoms with Gasteiger partial charge in [0.2, 0.25) is 10.0 Å². The number of halogens is 1. The lowest BCUT2D eigenvalue weighted by Gasteiger charge is -2.16. The number of nitrogens with one attached hydrogen (secondary N) is 3. The van der Waals surface area contributed by atoms with E-state index in [1.165, 1.54) is 0 Å². The normalized spacial score (nSPS) is 15.3. The van der Waals surface area contributed by atoms with Crippen LogP contribution >= 0.6 is 11.6 Å². The molecule has 0 spiro atoms. The molecule has 0 bridgehead atoms. The Bertz CT molecular complexity index is 1360. The summed E-state index contributed by atoms with van der Waals surface area (Å²) in [5.74, 6) is -0.199. The molecule has 0 saturated carbocycles. The van der Waals surface area contributed by atoms with Crippen LogP contribution in [0.1, 0.15) is 35.6 Å². The predicted octanol–water partition coefficient (Wildman–Crippen LogP) is 4.60. The van der Waals surface area contributed by atoms with Crippen LogP contribution in [-0.4, -0.2) is 27.1 Å². The van der Waals surface area contributed by atoms with Crippen molar-refractivity contribution in [3.8, 4) is 0 Å². The smallest absolute Gasteiger partial charge is 0.258 e. The van der Waals surface area contributed by atoms with Gasteiger partial charge in [0.1, 0.15) is 0 Å². The SMILES string of the molecule is CS(=O)(=O)NCCCC(N)c1ccc(NC(=C2C(=O)Nc3cc(Cl)ccc32)c2ccccc2)cc1. The van der Waals surface area contributed by atoms with E-state index in [-0.39, 0.29) is 11.9 Å². The van der Waals surface area contributed by atoms with Crippen LogP contribution in [0.4, 0.5) is 11.4 Å². The summed E-state index contributed by atoms with van der Waals surface area (Å²) < 4.78 is 24.9. The molecule has 35 heavy (non-hydrogen) atoms. The minimum Gasteiger partial charge on any atom is -0.354 e. The van der Waals surface area contributed by atoms with Crippen LogP contribution in [0.25, 0.3) is 11.3 Å². The maximum absolute atomic E-state index is 13.0. The molecular weight excluding hydrogens is 484 g/mol. The molecular formula is C26H27ClN4O3S. The van der Waals surface area contributed by atoms with E-state index >= 15 is 0 Å². The lowest BCUT2D eigenvalue weighted by atomic mass is 9.99. The van der Waals surface area contributed by atoms with Crippen molar-refractivity contribution < 1.29 is 13.2 Å². The summed E-state index contributed by atoms with van der Waals surface area (Å²) in [4.78, 5) is 13.0. The maximum atomic E-state index is 13.0. The van der Waals surface area contributed by atoms with Gasteiger partial charge in [-0.05, 0) is 48.2 Å². The van der Waals surface area contributed by atoms with Crippen LogP contribution in [0, 0.1) is 0 Å². The zero-order chi connectivity index (χ0) is 25.0. The molecule has 5 N–H and O–H groups in total. The molecule has 0 aromatic heterocycles. The van der Waals surface area contributed by atoms with E-state index in [4.69, 9.17) is 17.3 Å². The van der Waals surface area contributed by atoms with Gasteiger partial charge in [0, 0.05) is 28.9 Å². The van der Waals surface area contributed by atoms with Gasteiger partial charge in [-0.15, -0.1) is 0 Å². The first-order valence-corrected chi connectivity index (χ1v) is 13.5. The Morgan fingerprint density at radius 2 is 1.77 bits per heavy atom. The quantitative estimate of drug-likeness (QED) is 0.248. The fourth-order valence-electron chi connectivity index (χ4n) is 3.98. The van der Waals surface area contributed by atoms with Crippen LogP contribution in [-0.2, 0) is 14.8 Å². The van der Waals surface area contributed by atoms with Crippen LogP contribution in [0.5, 0.6) is 0 Å². The largest absolute Gasteiger partial charge is 0.354 e. The lowest BCUT2D eigenvalue weighted by Crippen LogP contribution is -2.24. The second-order valence-electron chi connectivity index (χ2n) is 8.42. The molecule has 1 heterocycles. The number of carbonyl (C=O) groups excluding carboxylic acids is 1. The van der Waals surface area contributed by atoms with Crippen LogP contribution < -0.4 is 21.1 Å². The van der Waals surface area contributed by atoms with E-state index in [1.807, 2.05) is 60.7 Å². The highest BCUT2D eigenvalue weighted by atomic mass is 35.5. The Labute approximate surface area is 210 Å². The number of nitrogens with two attached hydrogens (primary N) is 1. The third-order valence-corrected chi connectivity index (χ3v) is 6.67. The number of anilines is 2. The van der Waals surface area contributed by atoms with Crippen molar-refractivity contribution in [2.24, 2.45) is 5.73 Å². The standard InChI is InChI=1S/C26H27ClN4O3S/c1-35(33,34)29-15-5-8-22(28)17-9-12-20(13-10-17)30-25(18-6-3-2-4-7-18)24-21-14-11-19(27)16-23(21)31-26(24)32/h2-4,6-7,9-14,16,22,29-30H,5,8,15,28H2,1H3,(H,31,32). The number of hydrogen-bond donors (Lipinski definition) is 4. The Morgan fingerprint density at radius 3 is 2.46 bits per heavy atom. The van der Waals surface area contributed by atoms with Gasteiger partial charge in [0.15, 0.2) is 0 Å². The second-order valence-corrected chi connectivity index (χ2v) is 10.7. The van der Waals surface area contributed by atoms with Crippen molar-refractivity contribution in [2.45, 2.75) is 18.9 Å². The molecule has 0 fully saturated rings. The summed E-state index contributed by atoms with van der Waals surface area (Å²) in [5, 5.41) is 6.88. The lowest BCUT2D eigenvalue weighted by molar-refractivity contribution is -0.110. The van der Waals surface area contributed by atoms with Crippen molar-refractivity contribution in [3.63, 3.8) is 0 Å². The Hall–Kier alpha value is -3.17. The summed E-state index contributed by atoms with van der Waals surface area (Å²) in [6, 6.07) is 22.5. The highest BCUT2D eigenvalue weighted by molar-refractivity contribution is 7.88. The minimum atomic E-state index is -3.20. The van der Waals surface area contributed by atoms with Crippen LogP contribution in [0.2, 0.25) is 5.02 Å². The number of rotatable bonds is 9. The number of sulfonamides is 1. The third-order valence-electron chi connectivity index (χ3n) is 5.70. The summed E-state index contributed by atoms with van der Waals surface area (Å²) in [5.41, 5.74) is 11.6. The highest BCUT2D eigenvalue weighted by Crippen LogP contribution is 2.38. The van der Waals surface area contributed by atoms with Crippen LogP contribution in [0.15, 0.2) is 72.8 Å². The van der Waals surface area contributed by atoms with Gasteiger partial charge in [-0.2, -0.15) is 0 Å². The van der Waals surface area contributed by atoms with Crippen LogP contribution in [0.3, 0.4) is 0 Å². The fraction of sp³-hybridized carbons (Fsp3) is 0.192. The molecule has 0 aliphatic carbocycles. The molecule has 9 heteroatoms. The first-order valence-electron chi connectivity index (χ1n) is 11.2. The van der Waals surface area contributed by atoms with Gasteiger partial charge in [-0.25, -0.2) is 13.1 Å². The van der Waals surface area contributed by atoms with Crippen molar-refractivity contribution >= 4 is 50.2 Å². The van der Waals surface area contributed by atoms with Crippen molar-refractivity contribution in [3.05, 3.63) is 94.5 Å². The average Bonchev–Trinajstić information content (AvgIpc) is 3.15. The van der Waals surface area contributed by atoms with Gasteiger partial charge < -0.3 is 16.4 Å². The second kappa shape index (κ2) is 10.6. The van der Waals surface area contributed by atoms with E-state index in [1.54, 1.807) is 12.1 Å². The zero-order valence-electron chi connectivity index (χ0n) is 19.2. The van der Waals surface area contributed by atoms with Gasteiger partial charge in [-0.3, -0.25) is 4.79 Å². The number of benzene rings is 3. The monoisotopic (exact) mass is 510 g/mol. The molecule has 0 radical (unpaired) electrons. The van der Waals surface area contributed by atoms with Gasteiger partial charge in [0.05, 0.1) is 23.2 Å². The fourth-order valence-corrected chi connectivity index (χ4v) is 4.67. The number of amides is 1. The topological polar surface area (TPSA) is 113 Å². The third kappa shape index (κ3) is 6.29. The molecule has 1 aliphatic rings.